The Hall–Kier alpha value is -3.92. The molecule has 0 unspecified atom stereocenters. The summed E-state index contributed by atoms with van der Waals surface area (Å²) in [7, 11) is 1.62. The Morgan fingerprint density at radius 2 is 1.84 bits per heavy atom. The standard InChI is InChI=1S/C27H32N4O6/c1-17(16-35-2)36-23-5-3-4-22(15-23)29-27-31-30-26(37-27)25(34)28-21-12-10-20(11-13-21)19-8-6-18(7-9-19)14-24(32)33/h3-5,10-13,15,17-19H,6-9,14,16H2,1-2H3,(H,28,34)(H,29,31)(H,32,33)/t17-,18-,19-/m1/s1. The summed E-state index contributed by atoms with van der Waals surface area (Å²) >= 11 is 0. The van der Waals surface area contributed by atoms with Gasteiger partial charge in [-0.05, 0) is 74.3 Å². The number of hydrogen-bond donors (Lipinski definition) is 3. The van der Waals surface area contributed by atoms with Gasteiger partial charge < -0.3 is 29.6 Å². The number of anilines is 3. The van der Waals surface area contributed by atoms with E-state index in [1.807, 2.05) is 49.4 Å². The zero-order valence-corrected chi connectivity index (χ0v) is 21.0. The first-order chi connectivity index (χ1) is 17.9. The minimum Gasteiger partial charge on any atom is -0.488 e. The van der Waals surface area contributed by atoms with Crippen LogP contribution in [0.25, 0.3) is 0 Å². The maximum absolute atomic E-state index is 12.6. The van der Waals surface area contributed by atoms with Crippen molar-refractivity contribution >= 4 is 29.3 Å². The summed E-state index contributed by atoms with van der Waals surface area (Å²) in [5.74, 6) is -0.0597. The third-order valence-electron chi connectivity index (χ3n) is 6.39. The van der Waals surface area contributed by atoms with Crippen molar-refractivity contribution in [3.05, 3.63) is 60.0 Å². The van der Waals surface area contributed by atoms with Crippen LogP contribution in [0.2, 0.25) is 0 Å². The van der Waals surface area contributed by atoms with Gasteiger partial charge in [0, 0.05) is 31.0 Å². The molecule has 3 N–H and O–H groups in total. The van der Waals surface area contributed by atoms with E-state index in [2.05, 4.69) is 20.8 Å². The van der Waals surface area contributed by atoms with E-state index in [-0.39, 0.29) is 30.3 Å². The fraction of sp³-hybridized carbons (Fsp3) is 0.407. The van der Waals surface area contributed by atoms with Gasteiger partial charge in [0.2, 0.25) is 0 Å². The summed E-state index contributed by atoms with van der Waals surface area (Å²) in [4.78, 5) is 23.5. The number of benzene rings is 2. The number of carboxylic acid groups (broad SMARTS) is 1. The largest absolute Gasteiger partial charge is 0.488 e. The maximum Gasteiger partial charge on any atom is 0.320 e. The average Bonchev–Trinajstić information content (AvgIpc) is 3.34. The zero-order chi connectivity index (χ0) is 26.2. The number of aromatic nitrogens is 2. The van der Waals surface area contributed by atoms with E-state index in [0.717, 1.165) is 25.7 Å². The molecule has 1 aliphatic carbocycles. The third kappa shape index (κ3) is 7.53. The number of nitrogens with one attached hydrogen (secondary N) is 2. The van der Waals surface area contributed by atoms with Crippen molar-refractivity contribution < 1.29 is 28.6 Å². The number of ether oxygens (including phenoxy) is 2. The van der Waals surface area contributed by atoms with Gasteiger partial charge >= 0.3 is 23.8 Å². The molecule has 1 atom stereocenters. The van der Waals surface area contributed by atoms with Gasteiger partial charge in [0.15, 0.2) is 0 Å². The molecule has 10 heteroatoms. The quantitative estimate of drug-likeness (QED) is 0.318. The van der Waals surface area contributed by atoms with Crippen LogP contribution < -0.4 is 15.4 Å². The van der Waals surface area contributed by atoms with Gasteiger partial charge in [0.25, 0.3) is 0 Å². The number of carbonyl (C=O) groups excluding carboxylic acids is 1. The first kappa shape index (κ1) is 26.2. The summed E-state index contributed by atoms with van der Waals surface area (Å²) in [5, 5.41) is 22.5. The maximum atomic E-state index is 12.6. The molecule has 1 fully saturated rings. The highest BCUT2D eigenvalue weighted by atomic mass is 16.5. The molecule has 0 radical (unpaired) electrons. The van der Waals surface area contributed by atoms with Crippen molar-refractivity contribution in [2.45, 2.75) is 51.0 Å². The lowest BCUT2D eigenvalue weighted by Gasteiger charge is -2.28. The van der Waals surface area contributed by atoms with Crippen molar-refractivity contribution in [2.24, 2.45) is 5.92 Å². The van der Waals surface area contributed by atoms with Crippen LogP contribution in [0.15, 0.2) is 52.9 Å². The second-order valence-corrected chi connectivity index (χ2v) is 9.34. The van der Waals surface area contributed by atoms with Gasteiger partial charge in [-0.3, -0.25) is 9.59 Å². The highest BCUT2D eigenvalue weighted by molar-refractivity contribution is 6.00. The lowest BCUT2D eigenvalue weighted by atomic mass is 9.77. The summed E-state index contributed by atoms with van der Waals surface area (Å²) in [5.41, 5.74) is 2.49. The molecule has 2 aromatic carbocycles. The fourth-order valence-corrected chi connectivity index (χ4v) is 4.61. The van der Waals surface area contributed by atoms with E-state index in [4.69, 9.17) is 19.0 Å². The Balaban J connectivity index is 1.29. The number of amides is 1. The molecule has 0 saturated heterocycles. The smallest absolute Gasteiger partial charge is 0.320 e. The summed E-state index contributed by atoms with van der Waals surface area (Å²) in [6, 6.07) is 15.0. The molecule has 0 aliphatic heterocycles. The first-order valence-electron chi connectivity index (χ1n) is 12.4. The molecule has 1 aromatic heterocycles. The Kier molecular flexibility index (Phi) is 8.73. The van der Waals surface area contributed by atoms with E-state index in [9.17, 15) is 9.59 Å². The topological polar surface area (TPSA) is 136 Å². The highest BCUT2D eigenvalue weighted by Crippen LogP contribution is 2.37. The molecule has 1 saturated carbocycles. The van der Waals surface area contributed by atoms with E-state index >= 15 is 0 Å². The van der Waals surface area contributed by atoms with E-state index in [0.29, 0.717) is 29.6 Å². The second-order valence-electron chi connectivity index (χ2n) is 9.34. The number of rotatable bonds is 11. The molecule has 4 rings (SSSR count). The lowest BCUT2D eigenvalue weighted by Crippen LogP contribution is -2.17. The molecule has 1 heterocycles. The SMILES string of the molecule is COC[C@@H](C)Oc1cccc(Nc2nnc(C(=O)Nc3ccc([C@H]4CC[C@H](CC(=O)O)CC4)cc3)o2)c1. The first-order valence-corrected chi connectivity index (χ1v) is 12.4. The average molecular weight is 509 g/mol. The van der Waals surface area contributed by atoms with Crippen molar-refractivity contribution in [3.63, 3.8) is 0 Å². The van der Waals surface area contributed by atoms with Crippen LogP contribution >= 0.6 is 0 Å². The summed E-state index contributed by atoms with van der Waals surface area (Å²) in [6.45, 7) is 2.38. The molecule has 10 nitrogen and oxygen atoms in total. The number of hydrogen-bond acceptors (Lipinski definition) is 8. The van der Waals surface area contributed by atoms with Gasteiger partial charge in [0.05, 0.1) is 6.61 Å². The Morgan fingerprint density at radius 1 is 1.08 bits per heavy atom. The molecule has 1 amide bonds. The lowest BCUT2D eigenvalue weighted by molar-refractivity contribution is -0.138. The molecule has 0 spiro atoms. The minimum atomic E-state index is -0.722. The van der Waals surface area contributed by atoms with Crippen LogP contribution in [0.4, 0.5) is 17.4 Å². The van der Waals surface area contributed by atoms with Crippen molar-refractivity contribution in [2.75, 3.05) is 24.4 Å². The molecular formula is C27H32N4O6. The van der Waals surface area contributed by atoms with Crippen LogP contribution in [0.5, 0.6) is 5.75 Å². The highest BCUT2D eigenvalue weighted by Gasteiger charge is 2.24. The Labute approximate surface area is 215 Å². The molecule has 3 aromatic rings. The summed E-state index contributed by atoms with van der Waals surface area (Å²) in [6.07, 6.45) is 3.94. The van der Waals surface area contributed by atoms with Crippen molar-refractivity contribution in [1.29, 1.82) is 0 Å². The monoisotopic (exact) mass is 508 g/mol. The predicted octanol–water partition coefficient (Wildman–Crippen LogP) is 5.23. The number of carboxylic acids is 1. The van der Waals surface area contributed by atoms with Crippen LogP contribution in [0.1, 0.15) is 61.2 Å². The van der Waals surface area contributed by atoms with Gasteiger partial charge in [-0.2, -0.15) is 0 Å². The fourth-order valence-electron chi connectivity index (χ4n) is 4.61. The number of aliphatic carboxylic acids is 1. The van der Waals surface area contributed by atoms with Crippen LogP contribution in [0.3, 0.4) is 0 Å². The van der Waals surface area contributed by atoms with E-state index < -0.39 is 11.9 Å². The second kappa shape index (κ2) is 12.4. The molecular weight excluding hydrogens is 476 g/mol. The number of methoxy groups -OCH3 is 1. The van der Waals surface area contributed by atoms with Crippen LogP contribution in [-0.2, 0) is 9.53 Å². The Morgan fingerprint density at radius 3 is 2.54 bits per heavy atom. The van der Waals surface area contributed by atoms with E-state index in [1.165, 1.54) is 5.56 Å². The minimum absolute atomic E-state index is 0.0843. The van der Waals surface area contributed by atoms with Gasteiger partial charge in [-0.15, -0.1) is 5.10 Å². The van der Waals surface area contributed by atoms with E-state index in [1.54, 1.807) is 13.2 Å². The normalized spacial score (nSPS) is 18.1. The van der Waals surface area contributed by atoms with Gasteiger partial charge in [-0.25, -0.2) is 0 Å². The van der Waals surface area contributed by atoms with Crippen LogP contribution in [0, 0.1) is 5.92 Å². The molecule has 196 valence electrons. The molecule has 1 aliphatic rings. The third-order valence-corrected chi connectivity index (χ3v) is 6.39. The van der Waals surface area contributed by atoms with Gasteiger partial charge in [-0.1, -0.05) is 23.3 Å². The zero-order valence-electron chi connectivity index (χ0n) is 21.0. The van der Waals surface area contributed by atoms with Crippen molar-refractivity contribution in [3.8, 4) is 5.75 Å². The summed E-state index contributed by atoms with van der Waals surface area (Å²) < 4.78 is 16.4. The molecule has 37 heavy (non-hydrogen) atoms. The van der Waals surface area contributed by atoms with Crippen LogP contribution in [-0.4, -0.2) is 47.0 Å². The Bertz CT molecular complexity index is 1190. The van der Waals surface area contributed by atoms with Crippen molar-refractivity contribution in [1.82, 2.24) is 10.2 Å². The predicted molar refractivity (Wildman–Crippen MR) is 137 cm³/mol. The molecule has 0 bridgehead atoms. The number of carbonyl (C=O) groups is 2. The van der Waals surface area contributed by atoms with Gasteiger partial charge in [0.1, 0.15) is 11.9 Å². The number of nitrogens with zero attached hydrogens (tertiary/aromatic N) is 2.